The first-order valence-corrected chi connectivity index (χ1v) is 5.52. The number of carbonyl (C=O) groups is 1. The van der Waals surface area contributed by atoms with E-state index in [1.165, 1.54) is 7.11 Å². The lowest BCUT2D eigenvalue weighted by Gasteiger charge is -2.35. The molecule has 1 aliphatic rings. The van der Waals surface area contributed by atoms with Crippen molar-refractivity contribution >= 4 is 5.97 Å². The Labute approximate surface area is 94.6 Å². The van der Waals surface area contributed by atoms with E-state index in [2.05, 4.69) is 5.10 Å². The summed E-state index contributed by atoms with van der Waals surface area (Å²) in [5.41, 5.74) is 5.25. The number of nitrogens with zero attached hydrogens (tertiary/aromatic N) is 2. The second kappa shape index (κ2) is 4.25. The normalized spacial score (nSPS) is 30.0. The van der Waals surface area contributed by atoms with Gasteiger partial charge in [-0.1, -0.05) is 0 Å². The molecule has 0 bridgehead atoms. The molecule has 88 valence electrons. The van der Waals surface area contributed by atoms with Crippen molar-refractivity contribution in [1.82, 2.24) is 9.78 Å². The molecule has 0 aromatic carbocycles. The highest BCUT2D eigenvalue weighted by molar-refractivity contribution is 5.80. The zero-order valence-electron chi connectivity index (χ0n) is 9.43. The summed E-state index contributed by atoms with van der Waals surface area (Å²) in [6, 6.07) is 2.08. The zero-order chi connectivity index (χ0) is 11.6. The van der Waals surface area contributed by atoms with E-state index >= 15 is 0 Å². The van der Waals surface area contributed by atoms with Crippen LogP contribution in [0.3, 0.4) is 0 Å². The summed E-state index contributed by atoms with van der Waals surface area (Å²) >= 11 is 0. The first-order valence-electron chi connectivity index (χ1n) is 5.52. The third-order valence-corrected chi connectivity index (χ3v) is 3.25. The summed E-state index contributed by atoms with van der Waals surface area (Å²) in [6.45, 7) is 0. The molecule has 0 saturated heterocycles. The molecule has 0 spiro atoms. The molecule has 2 rings (SSSR count). The van der Waals surface area contributed by atoms with Gasteiger partial charge >= 0.3 is 5.97 Å². The van der Waals surface area contributed by atoms with Gasteiger partial charge < -0.3 is 10.5 Å². The highest BCUT2D eigenvalue weighted by Crippen LogP contribution is 2.34. The molecule has 2 unspecified atom stereocenters. The van der Waals surface area contributed by atoms with E-state index in [0.717, 1.165) is 12.8 Å². The number of methoxy groups -OCH3 is 1. The van der Waals surface area contributed by atoms with E-state index in [9.17, 15) is 4.79 Å². The van der Waals surface area contributed by atoms with Crippen molar-refractivity contribution in [2.45, 2.75) is 37.3 Å². The molecule has 5 nitrogen and oxygen atoms in total. The number of carbonyl (C=O) groups excluding carboxylic acids is 1. The minimum absolute atomic E-state index is 0.202. The summed E-state index contributed by atoms with van der Waals surface area (Å²) in [5.74, 6) is -0.315. The van der Waals surface area contributed by atoms with Crippen molar-refractivity contribution in [1.29, 1.82) is 0 Å². The average Bonchev–Trinajstić information content (AvgIpc) is 2.81. The minimum Gasteiger partial charge on any atom is -0.468 e. The van der Waals surface area contributed by atoms with Gasteiger partial charge in [-0.05, 0) is 31.7 Å². The van der Waals surface area contributed by atoms with E-state index in [0.29, 0.717) is 12.8 Å². The third kappa shape index (κ3) is 1.95. The summed E-state index contributed by atoms with van der Waals surface area (Å²) in [6.07, 6.45) is 6.88. The molecule has 2 atom stereocenters. The fourth-order valence-corrected chi connectivity index (χ4v) is 2.39. The van der Waals surface area contributed by atoms with Gasteiger partial charge in [0, 0.05) is 12.4 Å². The average molecular weight is 223 g/mol. The van der Waals surface area contributed by atoms with Gasteiger partial charge in [0.2, 0.25) is 0 Å². The number of aromatic nitrogens is 2. The van der Waals surface area contributed by atoms with Gasteiger partial charge in [0.1, 0.15) is 5.54 Å². The number of nitrogens with two attached hydrogens (primary N) is 1. The highest BCUT2D eigenvalue weighted by atomic mass is 16.5. The second-order valence-electron chi connectivity index (χ2n) is 4.38. The van der Waals surface area contributed by atoms with Crippen LogP contribution in [0.15, 0.2) is 18.5 Å². The quantitative estimate of drug-likeness (QED) is 0.755. The SMILES string of the molecule is COC(=O)C1(N)CCCC(n2cccn2)C1. The molecule has 5 heteroatoms. The number of esters is 1. The molecular formula is C11H17N3O2. The van der Waals surface area contributed by atoms with Crippen LogP contribution >= 0.6 is 0 Å². The fraction of sp³-hybridized carbons (Fsp3) is 0.636. The third-order valence-electron chi connectivity index (χ3n) is 3.25. The van der Waals surface area contributed by atoms with Crippen LogP contribution in [-0.2, 0) is 9.53 Å². The number of hydrogen-bond acceptors (Lipinski definition) is 4. The zero-order valence-corrected chi connectivity index (χ0v) is 9.43. The Hall–Kier alpha value is -1.36. The van der Waals surface area contributed by atoms with Crippen LogP contribution in [0.4, 0.5) is 0 Å². The molecule has 1 aliphatic carbocycles. The predicted octanol–water partition coefficient (Wildman–Crippen LogP) is 0.869. The van der Waals surface area contributed by atoms with Gasteiger partial charge in [0.05, 0.1) is 13.2 Å². The van der Waals surface area contributed by atoms with Crippen LogP contribution < -0.4 is 5.73 Å². The highest BCUT2D eigenvalue weighted by Gasteiger charge is 2.40. The molecule has 0 radical (unpaired) electrons. The maximum atomic E-state index is 11.6. The molecule has 1 aromatic rings. The first-order chi connectivity index (χ1) is 7.65. The molecule has 1 fully saturated rings. The number of hydrogen-bond donors (Lipinski definition) is 1. The Bertz CT molecular complexity index is 363. The monoisotopic (exact) mass is 223 g/mol. The van der Waals surface area contributed by atoms with Crippen molar-refractivity contribution in [2.24, 2.45) is 5.73 Å². The van der Waals surface area contributed by atoms with Crippen molar-refractivity contribution < 1.29 is 9.53 Å². The molecule has 16 heavy (non-hydrogen) atoms. The molecule has 1 saturated carbocycles. The van der Waals surface area contributed by atoms with Crippen molar-refractivity contribution in [3.63, 3.8) is 0 Å². The minimum atomic E-state index is -0.844. The van der Waals surface area contributed by atoms with E-state index in [1.807, 2.05) is 16.9 Å². The lowest BCUT2D eigenvalue weighted by atomic mass is 9.80. The topological polar surface area (TPSA) is 70.1 Å². The van der Waals surface area contributed by atoms with Crippen LogP contribution in [0.25, 0.3) is 0 Å². The van der Waals surface area contributed by atoms with E-state index in [-0.39, 0.29) is 12.0 Å². The number of rotatable bonds is 2. The molecular weight excluding hydrogens is 206 g/mol. The lowest BCUT2D eigenvalue weighted by molar-refractivity contribution is -0.149. The molecule has 1 heterocycles. The Morgan fingerprint density at radius 2 is 2.50 bits per heavy atom. The Balaban J connectivity index is 2.12. The summed E-state index contributed by atoms with van der Waals surface area (Å²) in [7, 11) is 1.38. The number of ether oxygens (including phenoxy) is 1. The largest absolute Gasteiger partial charge is 0.468 e. The lowest BCUT2D eigenvalue weighted by Crippen LogP contribution is -2.52. The van der Waals surface area contributed by atoms with Crippen molar-refractivity contribution in [2.75, 3.05) is 7.11 Å². The molecule has 0 aliphatic heterocycles. The van der Waals surface area contributed by atoms with Crippen LogP contribution in [0.2, 0.25) is 0 Å². The Kier molecular flexibility index (Phi) is 2.96. The maximum absolute atomic E-state index is 11.6. The first kappa shape index (κ1) is 11.1. The molecule has 2 N–H and O–H groups in total. The van der Waals surface area contributed by atoms with Gasteiger partial charge in [-0.25, -0.2) is 0 Å². The van der Waals surface area contributed by atoms with E-state index < -0.39 is 5.54 Å². The predicted molar refractivity (Wildman–Crippen MR) is 58.7 cm³/mol. The van der Waals surface area contributed by atoms with E-state index in [4.69, 9.17) is 10.5 Å². The molecule has 0 amide bonds. The van der Waals surface area contributed by atoms with Crippen LogP contribution in [0.5, 0.6) is 0 Å². The van der Waals surface area contributed by atoms with Gasteiger partial charge in [-0.2, -0.15) is 5.10 Å². The van der Waals surface area contributed by atoms with Crippen molar-refractivity contribution in [3.8, 4) is 0 Å². The standard InChI is InChI=1S/C11H17N3O2/c1-16-10(15)11(12)5-2-4-9(8-11)14-7-3-6-13-14/h3,6-7,9H,2,4-5,8,12H2,1H3. The Morgan fingerprint density at radius 1 is 1.69 bits per heavy atom. The van der Waals surface area contributed by atoms with Gasteiger partial charge in [0.25, 0.3) is 0 Å². The van der Waals surface area contributed by atoms with Gasteiger partial charge in [-0.3, -0.25) is 9.48 Å². The van der Waals surface area contributed by atoms with Gasteiger partial charge in [0.15, 0.2) is 0 Å². The van der Waals surface area contributed by atoms with Crippen LogP contribution in [-0.4, -0.2) is 28.4 Å². The smallest absolute Gasteiger partial charge is 0.325 e. The van der Waals surface area contributed by atoms with Crippen molar-refractivity contribution in [3.05, 3.63) is 18.5 Å². The summed E-state index contributed by atoms with van der Waals surface area (Å²) < 4.78 is 6.64. The molecule has 1 aromatic heterocycles. The summed E-state index contributed by atoms with van der Waals surface area (Å²) in [4.78, 5) is 11.6. The Morgan fingerprint density at radius 3 is 3.12 bits per heavy atom. The van der Waals surface area contributed by atoms with Crippen LogP contribution in [0.1, 0.15) is 31.7 Å². The fourth-order valence-electron chi connectivity index (χ4n) is 2.39. The second-order valence-corrected chi connectivity index (χ2v) is 4.38. The maximum Gasteiger partial charge on any atom is 0.325 e. The van der Waals surface area contributed by atoms with Crippen LogP contribution in [0, 0.1) is 0 Å². The summed E-state index contributed by atoms with van der Waals surface area (Å²) in [5, 5.41) is 4.20. The van der Waals surface area contributed by atoms with E-state index in [1.54, 1.807) is 6.20 Å². The van der Waals surface area contributed by atoms with Gasteiger partial charge in [-0.15, -0.1) is 0 Å².